The lowest BCUT2D eigenvalue weighted by Crippen LogP contribution is -2.44. The van der Waals surface area contributed by atoms with Gasteiger partial charge in [-0.15, -0.1) is 0 Å². The number of hydrogen-bond donors (Lipinski definition) is 1. The van der Waals surface area contributed by atoms with E-state index in [1.165, 1.54) is 12.1 Å². The Labute approximate surface area is 159 Å². The number of nitrogens with one attached hydrogen (secondary N) is 1. The van der Waals surface area contributed by atoms with Gasteiger partial charge in [0, 0.05) is 19.6 Å². The molecular weight excluding hydrogens is 347 g/mol. The summed E-state index contributed by atoms with van der Waals surface area (Å²) < 4.78 is 24.0. The van der Waals surface area contributed by atoms with Crippen LogP contribution >= 0.6 is 0 Å². The van der Waals surface area contributed by atoms with Crippen molar-refractivity contribution in [3.8, 4) is 5.75 Å². The van der Waals surface area contributed by atoms with Gasteiger partial charge < -0.3 is 14.8 Å². The van der Waals surface area contributed by atoms with Crippen LogP contribution in [0.4, 0.5) is 4.39 Å². The molecule has 1 N–H and O–H groups in total. The Hall–Kier alpha value is -2.44. The molecule has 0 saturated carbocycles. The van der Waals surface area contributed by atoms with Crippen molar-refractivity contribution < 1.29 is 18.7 Å². The molecule has 1 amide bonds. The molecule has 6 heteroatoms. The highest BCUT2D eigenvalue weighted by Gasteiger charge is 2.23. The highest BCUT2D eigenvalue weighted by molar-refractivity contribution is 5.78. The molecule has 27 heavy (non-hydrogen) atoms. The minimum absolute atomic E-state index is 0.0521. The van der Waals surface area contributed by atoms with Crippen molar-refractivity contribution in [2.75, 3.05) is 40.0 Å². The molecule has 2 aromatic rings. The molecule has 1 saturated heterocycles. The maximum absolute atomic E-state index is 13.3. The van der Waals surface area contributed by atoms with E-state index in [1.54, 1.807) is 19.2 Å². The van der Waals surface area contributed by atoms with Crippen LogP contribution < -0.4 is 10.1 Å². The molecule has 1 heterocycles. The maximum Gasteiger partial charge on any atom is 0.224 e. The van der Waals surface area contributed by atoms with Crippen LogP contribution in [0.1, 0.15) is 17.2 Å². The fourth-order valence-corrected chi connectivity index (χ4v) is 3.28. The molecule has 1 fully saturated rings. The van der Waals surface area contributed by atoms with Gasteiger partial charge in [0.1, 0.15) is 11.6 Å². The maximum atomic E-state index is 13.3. The standard InChI is InChI=1S/C21H25FN2O3/c1-26-19-7-5-17(6-8-19)20(24-9-11-27-12-10-24)15-23-21(25)14-16-3-2-4-18(22)13-16/h2-8,13,20H,9-12,14-15H2,1H3,(H,23,25). The number of carbonyl (C=O) groups is 1. The largest absolute Gasteiger partial charge is 0.497 e. The van der Waals surface area contributed by atoms with Crippen LogP contribution in [0.2, 0.25) is 0 Å². The smallest absolute Gasteiger partial charge is 0.224 e. The number of methoxy groups -OCH3 is 1. The van der Waals surface area contributed by atoms with Crippen molar-refractivity contribution in [2.24, 2.45) is 0 Å². The second-order valence-corrected chi connectivity index (χ2v) is 6.55. The molecule has 144 valence electrons. The fraction of sp³-hybridized carbons (Fsp3) is 0.381. The van der Waals surface area contributed by atoms with Crippen LogP contribution in [0.25, 0.3) is 0 Å². The van der Waals surface area contributed by atoms with Gasteiger partial charge >= 0.3 is 0 Å². The zero-order valence-electron chi connectivity index (χ0n) is 15.5. The van der Waals surface area contributed by atoms with E-state index in [2.05, 4.69) is 10.2 Å². The van der Waals surface area contributed by atoms with E-state index in [1.807, 2.05) is 24.3 Å². The third-order valence-corrected chi connectivity index (χ3v) is 4.73. The predicted octanol–water partition coefficient (Wildman–Crippen LogP) is 2.57. The highest BCUT2D eigenvalue weighted by atomic mass is 19.1. The van der Waals surface area contributed by atoms with Gasteiger partial charge in [0.2, 0.25) is 5.91 Å². The second-order valence-electron chi connectivity index (χ2n) is 6.55. The van der Waals surface area contributed by atoms with Gasteiger partial charge in [0.15, 0.2) is 0 Å². The first-order chi connectivity index (χ1) is 13.2. The molecule has 2 aromatic carbocycles. The summed E-state index contributed by atoms with van der Waals surface area (Å²) in [5.41, 5.74) is 1.78. The lowest BCUT2D eigenvalue weighted by Gasteiger charge is -2.35. The van der Waals surface area contributed by atoms with Crippen LogP contribution in [0.5, 0.6) is 5.75 Å². The predicted molar refractivity (Wildman–Crippen MR) is 101 cm³/mol. The number of amides is 1. The summed E-state index contributed by atoms with van der Waals surface area (Å²) in [6, 6.07) is 14.1. The Morgan fingerprint density at radius 1 is 1.22 bits per heavy atom. The number of carbonyl (C=O) groups excluding carboxylic acids is 1. The zero-order valence-corrected chi connectivity index (χ0v) is 15.5. The number of hydrogen-bond acceptors (Lipinski definition) is 4. The normalized spacial score (nSPS) is 15.9. The van der Waals surface area contributed by atoms with Crippen LogP contribution in [-0.2, 0) is 16.0 Å². The number of ether oxygens (including phenoxy) is 2. The van der Waals surface area contributed by atoms with Gasteiger partial charge in [-0.1, -0.05) is 24.3 Å². The first-order valence-corrected chi connectivity index (χ1v) is 9.12. The fourth-order valence-electron chi connectivity index (χ4n) is 3.28. The molecule has 0 aromatic heterocycles. The van der Waals surface area contributed by atoms with Crippen molar-refractivity contribution in [3.05, 3.63) is 65.5 Å². The van der Waals surface area contributed by atoms with E-state index in [0.717, 1.165) is 24.4 Å². The van der Waals surface area contributed by atoms with E-state index < -0.39 is 0 Å². The molecule has 1 unspecified atom stereocenters. The van der Waals surface area contributed by atoms with E-state index in [0.29, 0.717) is 25.3 Å². The minimum Gasteiger partial charge on any atom is -0.497 e. The summed E-state index contributed by atoms with van der Waals surface area (Å²) in [4.78, 5) is 14.7. The molecule has 1 atom stereocenters. The Balaban J connectivity index is 1.65. The Morgan fingerprint density at radius 3 is 2.63 bits per heavy atom. The molecule has 1 aliphatic rings. The van der Waals surface area contributed by atoms with E-state index in [-0.39, 0.29) is 24.2 Å². The lowest BCUT2D eigenvalue weighted by molar-refractivity contribution is -0.120. The van der Waals surface area contributed by atoms with Gasteiger partial charge in [0.25, 0.3) is 0 Å². The number of benzene rings is 2. The van der Waals surface area contributed by atoms with Gasteiger partial charge in [-0.3, -0.25) is 9.69 Å². The Bertz CT molecular complexity index is 745. The van der Waals surface area contributed by atoms with Gasteiger partial charge in [-0.05, 0) is 35.4 Å². The van der Waals surface area contributed by atoms with Gasteiger partial charge in [0.05, 0.1) is 32.8 Å². The third kappa shape index (κ3) is 5.52. The summed E-state index contributed by atoms with van der Waals surface area (Å²) in [5, 5.41) is 3.00. The van der Waals surface area contributed by atoms with E-state index in [4.69, 9.17) is 9.47 Å². The minimum atomic E-state index is -0.329. The van der Waals surface area contributed by atoms with Crippen molar-refractivity contribution >= 4 is 5.91 Å². The first kappa shape index (κ1) is 19.3. The first-order valence-electron chi connectivity index (χ1n) is 9.12. The van der Waals surface area contributed by atoms with Crippen molar-refractivity contribution in [1.29, 1.82) is 0 Å². The summed E-state index contributed by atoms with van der Waals surface area (Å²) in [6.45, 7) is 3.49. The summed E-state index contributed by atoms with van der Waals surface area (Å²) in [6.07, 6.45) is 0.163. The van der Waals surface area contributed by atoms with Gasteiger partial charge in [-0.2, -0.15) is 0 Å². The lowest BCUT2D eigenvalue weighted by atomic mass is 10.0. The van der Waals surface area contributed by atoms with E-state index in [9.17, 15) is 9.18 Å². The Kier molecular flexibility index (Phi) is 6.79. The van der Waals surface area contributed by atoms with Crippen LogP contribution in [0.15, 0.2) is 48.5 Å². The van der Waals surface area contributed by atoms with Gasteiger partial charge in [-0.25, -0.2) is 4.39 Å². The number of halogens is 1. The molecule has 5 nitrogen and oxygen atoms in total. The SMILES string of the molecule is COc1ccc(C(CNC(=O)Cc2cccc(F)c2)N2CCOCC2)cc1. The third-order valence-electron chi connectivity index (χ3n) is 4.73. The van der Waals surface area contributed by atoms with Crippen LogP contribution in [0.3, 0.4) is 0 Å². The number of morpholine rings is 1. The number of nitrogens with zero attached hydrogens (tertiary/aromatic N) is 1. The molecular formula is C21H25FN2O3. The number of rotatable bonds is 7. The van der Waals surface area contributed by atoms with Crippen molar-refractivity contribution in [1.82, 2.24) is 10.2 Å². The van der Waals surface area contributed by atoms with Crippen LogP contribution in [0, 0.1) is 5.82 Å². The van der Waals surface area contributed by atoms with Crippen LogP contribution in [-0.4, -0.2) is 50.8 Å². The monoisotopic (exact) mass is 372 g/mol. The molecule has 1 aliphatic heterocycles. The Morgan fingerprint density at radius 2 is 1.96 bits per heavy atom. The van der Waals surface area contributed by atoms with Crippen molar-refractivity contribution in [3.63, 3.8) is 0 Å². The summed E-state index contributed by atoms with van der Waals surface area (Å²) in [7, 11) is 1.64. The molecule has 3 rings (SSSR count). The van der Waals surface area contributed by atoms with Crippen molar-refractivity contribution in [2.45, 2.75) is 12.5 Å². The molecule has 0 spiro atoms. The average molecular weight is 372 g/mol. The second kappa shape index (κ2) is 9.48. The van der Waals surface area contributed by atoms with E-state index >= 15 is 0 Å². The summed E-state index contributed by atoms with van der Waals surface area (Å²) in [5.74, 6) is 0.353. The molecule has 0 radical (unpaired) electrons. The zero-order chi connectivity index (χ0) is 19.1. The quantitative estimate of drug-likeness (QED) is 0.812. The molecule has 0 bridgehead atoms. The highest BCUT2D eigenvalue weighted by Crippen LogP contribution is 2.23. The summed E-state index contributed by atoms with van der Waals surface area (Å²) >= 11 is 0. The average Bonchev–Trinajstić information content (AvgIpc) is 2.69. The topological polar surface area (TPSA) is 50.8 Å². The molecule has 0 aliphatic carbocycles.